The van der Waals surface area contributed by atoms with E-state index >= 15 is 0 Å². The first-order valence-electron chi connectivity index (χ1n) is 8.94. The summed E-state index contributed by atoms with van der Waals surface area (Å²) in [6.07, 6.45) is 0.772. The van der Waals surface area contributed by atoms with Crippen molar-refractivity contribution in [2.24, 2.45) is 0 Å². The molecular weight excluding hydrogens is 380 g/mol. The van der Waals surface area contributed by atoms with Crippen molar-refractivity contribution in [2.45, 2.75) is 31.2 Å². The van der Waals surface area contributed by atoms with Gasteiger partial charge in [-0.3, -0.25) is 4.79 Å². The Morgan fingerprint density at radius 1 is 1.07 bits per heavy atom. The van der Waals surface area contributed by atoms with Gasteiger partial charge in [-0.05, 0) is 37.1 Å². The molecule has 28 heavy (non-hydrogen) atoms. The summed E-state index contributed by atoms with van der Waals surface area (Å²) in [5, 5.41) is 2.59. The van der Waals surface area contributed by atoms with Crippen LogP contribution in [0.4, 0.5) is 0 Å². The summed E-state index contributed by atoms with van der Waals surface area (Å²) < 4.78 is 32.8. The molecule has 1 amide bonds. The van der Waals surface area contributed by atoms with E-state index in [1.807, 2.05) is 37.3 Å². The van der Waals surface area contributed by atoms with Crippen molar-refractivity contribution in [3.8, 4) is 0 Å². The number of benzene rings is 2. The molecule has 0 saturated heterocycles. The van der Waals surface area contributed by atoms with Crippen molar-refractivity contribution in [1.82, 2.24) is 10.0 Å². The van der Waals surface area contributed by atoms with Gasteiger partial charge in [0.15, 0.2) is 6.61 Å². The number of amides is 1. The monoisotopic (exact) mass is 404 g/mol. The Bertz CT molecular complexity index is 913. The molecule has 0 aliphatic rings. The summed E-state index contributed by atoms with van der Waals surface area (Å²) in [6, 6.07) is 14.2. The van der Waals surface area contributed by atoms with Crippen LogP contribution < -0.4 is 10.0 Å². The van der Waals surface area contributed by atoms with E-state index < -0.39 is 34.5 Å². The van der Waals surface area contributed by atoms with E-state index in [-0.39, 0.29) is 10.5 Å². The van der Waals surface area contributed by atoms with E-state index in [0.29, 0.717) is 6.54 Å². The average molecular weight is 404 g/mol. The molecule has 2 aromatic rings. The maximum atomic E-state index is 12.6. The highest BCUT2D eigenvalue weighted by Gasteiger charge is 2.20. The number of esters is 1. The fourth-order valence-corrected chi connectivity index (χ4v) is 3.71. The van der Waals surface area contributed by atoms with Gasteiger partial charge in [0, 0.05) is 12.6 Å². The van der Waals surface area contributed by atoms with Gasteiger partial charge in [-0.25, -0.2) is 17.9 Å². The van der Waals surface area contributed by atoms with Gasteiger partial charge >= 0.3 is 5.97 Å². The minimum Gasteiger partial charge on any atom is -0.452 e. The van der Waals surface area contributed by atoms with E-state index in [9.17, 15) is 18.0 Å². The Kier molecular flexibility index (Phi) is 7.71. The summed E-state index contributed by atoms with van der Waals surface area (Å²) in [6.45, 7) is 3.72. The molecule has 0 unspecified atom stereocenters. The van der Waals surface area contributed by atoms with Gasteiger partial charge in [-0.2, -0.15) is 0 Å². The first kappa shape index (κ1) is 21.6. The minimum atomic E-state index is -3.84. The molecule has 7 nitrogen and oxygen atoms in total. The summed E-state index contributed by atoms with van der Waals surface area (Å²) in [7, 11) is -3.84. The second-order valence-electron chi connectivity index (χ2n) is 6.21. The van der Waals surface area contributed by atoms with Gasteiger partial charge in [-0.1, -0.05) is 43.3 Å². The van der Waals surface area contributed by atoms with Gasteiger partial charge in [0.2, 0.25) is 10.0 Å². The van der Waals surface area contributed by atoms with Crippen LogP contribution in [0.5, 0.6) is 0 Å². The highest BCUT2D eigenvalue weighted by Crippen LogP contribution is 2.18. The maximum absolute atomic E-state index is 12.6. The zero-order valence-electron chi connectivity index (χ0n) is 15.8. The molecule has 0 radical (unpaired) electrons. The maximum Gasteiger partial charge on any atom is 0.338 e. The van der Waals surface area contributed by atoms with Crippen LogP contribution in [0.25, 0.3) is 0 Å². The van der Waals surface area contributed by atoms with E-state index in [2.05, 4.69) is 10.0 Å². The van der Waals surface area contributed by atoms with E-state index in [1.165, 1.54) is 24.3 Å². The third-order valence-corrected chi connectivity index (χ3v) is 5.46. The lowest BCUT2D eigenvalue weighted by molar-refractivity contribution is -0.124. The second-order valence-corrected chi connectivity index (χ2v) is 7.92. The zero-order chi connectivity index (χ0) is 20.6. The lowest BCUT2D eigenvalue weighted by Crippen LogP contribution is -2.29. The van der Waals surface area contributed by atoms with Gasteiger partial charge in [0.1, 0.15) is 0 Å². The van der Waals surface area contributed by atoms with Crippen molar-refractivity contribution >= 4 is 21.9 Å². The Morgan fingerprint density at radius 2 is 1.79 bits per heavy atom. The van der Waals surface area contributed by atoms with Crippen LogP contribution in [0.15, 0.2) is 59.5 Å². The highest BCUT2D eigenvalue weighted by atomic mass is 32.2. The molecule has 0 aliphatic carbocycles. The quantitative estimate of drug-likeness (QED) is 0.625. The Labute approximate surface area is 165 Å². The fraction of sp³-hybridized carbons (Fsp3) is 0.300. The van der Waals surface area contributed by atoms with Crippen LogP contribution in [0.1, 0.15) is 42.2 Å². The third-order valence-electron chi connectivity index (χ3n) is 3.92. The molecule has 1 atom stereocenters. The molecule has 0 fully saturated rings. The molecule has 2 rings (SSSR count). The first-order valence-corrected chi connectivity index (χ1v) is 10.4. The van der Waals surface area contributed by atoms with E-state index in [1.54, 1.807) is 6.92 Å². The smallest absolute Gasteiger partial charge is 0.338 e. The van der Waals surface area contributed by atoms with Gasteiger partial charge in [-0.15, -0.1) is 0 Å². The predicted octanol–water partition coefficient (Wildman–Crippen LogP) is 2.41. The summed E-state index contributed by atoms with van der Waals surface area (Å²) in [5.41, 5.74) is 0.873. The van der Waals surface area contributed by atoms with Crippen molar-refractivity contribution in [3.05, 3.63) is 65.7 Å². The average Bonchev–Trinajstić information content (AvgIpc) is 2.70. The molecule has 2 aromatic carbocycles. The molecule has 0 heterocycles. The zero-order valence-corrected chi connectivity index (χ0v) is 16.7. The number of ether oxygens (including phenoxy) is 1. The van der Waals surface area contributed by atoms with Crippen LogP contribution >= 0.6 is 0 Å². The van der Waals surface area contributed by atoms with Crippen LogP contribution in [-0.2, 0) is 19.6 Å². The van der Waals surface area contributed by atoms with E-state index in [4.69, 9.17) is 4.74 Å². The Balaban J connectivity index is 2.06. The molecule has 0 aromatic heterocycles. The first-order chi connectivity index (χ1) is 13.3. The van der Waals surface area contributed by atoms with Crippen LogP contribution in [0.2, 0.25) is 0 Å². The number of hydrogen-bond donors (Lipinski definition) is 2. The normalized spacial score (nSPS) is 12.2. The molecule has 0 spiro atoms. The Morgan fingerprint density at radius 3 is 2.46 bits per heavy atom. The van der Waals surface area contributed by atoms with Crippen molar-refractivity contribution in [3.63, 3.8) is 0 Å². The fourth-order valence-electron chi connectivity index (χ4n) is 2.43. The number of carbonyl (C=O) groups excluding carboxylic acids is 2. The predicted molar refractivity (Wildman–Crippen MR) is 105 cm³/mol. The number of nitrogens with one attached hydrogen (secondary N) is 2. The SMILES string of the molecule is CCCNC(=O)COC(=O)c1cccc(S(=O)(=O)N[C@@H](C)c2ccccc2)c1. The Hall–Kier alpha value is -2.71. The summed E-state index contributed by atoms with van der Waals surface area (Å²) >= 11 is 0. The van der Waals surface area contributed by atoms with Crippen molar-refractivity contribution < 1.29 is 22.7 Å². The number of rotatable bonds is 9. The van der Waals surface area contributed by atoms with Crippen LogP contribution in [-0.4, -0.2) is 33.4 Å². The minimum absolute atomic E-state index is 0.0542. The van der Waals surface area contributed by atoms with Crippen LogP contribution in [0.3, 0.4) is 0 Å². The standard InChI is InChI=1S/C20H24N2O5S/c1-3-12-21-19(23)14-27-20(24)17-10-7-11-18(13-17)28(25,26)22-15(2)16-8-5-4-6-9-16/h4-11,13,15,22H,3,12,14H2,1-2H3,(H,21,23)/t15-/m0/s1. The van der Waals surface area contributed by atoms with E-state index in [0.717, 1.165) is 12.0 Å². The van der Waals surface area contributed by atoms with Gasteiger partial charge < -0.3 is 10.1 Å². The molecule has 8 heteroatoms. The third kappa shape index (κ3) is 6.17. The largest absolute Gasteiger partial charge is 0.452 e. The molecular formula is C20H24N2O5S. The van der Waals surface area contributed by atoms with Gasteiger partial charge in [0.25, 0.3) is 5.91 Å². The highest BCUT2D eigenvalue weighted by molar-refractivity contribution is 7.89. The van der Waals surface area contributed by atoms with Crippen LogP contribution in [0, 0.1) is 0 Å². The van der Waals surface area contributed by atoms with Crippen molar-refractivity contribution in [2.75, 3.05) is 13.2 Å². The number of sulfonamides is 1. The topological polar surface area (TPSA) is 102 Å². The molecule has 150 valence electrons. The lowest BCUT2D eigenvalue weighted by atomic mass is 10.1. The van der Waals surface area contributed by atoms with Crippen molar-refractivity contribution in [1.29, 1.82) is 0 Å². The second kappa shape index (κ2) is 10.0. The molecule has 2 N–H and O–H groups in total. The molecule has 0 aliphatic heterocycles. The summed E-state index contributed by atoms with van der Waals surface area (Å²) in [5.74, 6) is -1.17. The number of carbonyl (C=O) groups is 2. The molecule has 0 saturated carbocycles. The lowest BCUT2D eigenvalue weighted by Gasteiger charge is -2.15. The molecule has 0 bridgehead atoms. The summed E-state index contributed by atoms with van der Waals surface area (Å²) in [4.78, 5) is 23.6. The van der Waals surface area contributed by atoms with Gasteiger partial charge in [0.05, 0.1) is 10.5 Å². The number of hydrogen-bond acceptors (Lipinski definition) is 5.